The van der Waals surface area contributed by atoms with Crippen LogP contribution in [0.4, 0.5) is 11.4 Å². The second kappa shape index (κ2) is 5.20. The van der Waals surface area contributed by atoms with Crippen molar-refractivity contribution in [3.63, 3.8) is 0 Å². The highest BCUT2D eigenvalue weighted by Crippen LogP contribution is 2.43. The number of para-hydroxylation sites is 1. The van der Waals surface area contributed by atoms with Gasteiger partial charge in [-0.1, -0.05) is 31.4 Å². The Hall–Kier alpha value is -1.22. The van der Waals surface area contributed by atoms with Gasteiger partial charge in [-0.15, -0.1) is 0 Å². The van der Waals surface area contributed by atoms with Crippen molar-refractivity contribution in [1.29, 1.82) is 0 Å². The van der Waals surface area contributed by atoms with Crippen molar-refractivity contribution in [2.45, 2.75) is 63.1 Å². The van der Waals surface area contributed by atoms with E-state index in [1.165, 1.54) is 56.2 Å². The number of benzene rings is 1. The normalized spacial score (nSPS) is 27.2. The van der Waals surface area contributed by atoms with Gasteiger partial charge in [0.25, 0.3) is 0 Å². The monoisotopic (exact) mass is 286 g/mol. The number of rotatable bonds is 2. The molecular weight excluding hydrogens is 260 g/mol. The van der Waals surface area contributed by atoms with Crippen LogP contribution in [0.2, 0.25) is 0 Å². The van der Waals surface area contributed by atoms with E-state index >= 15 is 0 Å². The lowest BCUT2D eigenvalue weighted by molar-refractivity contribution is -0.0603. The largest absolute Gasteiger partial charge is 0.397 e. The van der Waals surface area contributed by atoms with E-state index in [1.807, 2.05) is 6.07 Å². The Morgan fingerprint density at radius 1 is 1.19 bits per heavy atom. The number of hydrogen-bond acceptors (Lipinski definition) is 3. The minimum absolute atomic E-state index is 0.230. The molecule has 3 nitrogen and oxygen atoms in total. The maximum absolute atomic E-state index is 6.52. The Kier molecular flexibility index (Phi) is 3.33. The smallest absolute Gasteiger partial charge is 0.0758 e. The summed E-state index contributed by atoms with van der Waals surface area (Å²) < 4.78 is 6.52. The van der Waals surface area contributed by atoms with Crippen LogP contribution in [0.1, 0.15) is 50.5 Å². The Labute approximate surface area is 127 Å². The fourth-order valence-corrected chi connectivity index (χ4v) is 4.58. The predicted octanol–water partition coefficient (Wildman–Crippen LogP) is 3.51. The summed E-state index contributed by atoms with van der Waals surface area (Å²) >= 11 is 0. The van der Waals surface area contributed by atoms with Gasteiger partial charge < -0.3 is 15.4 Å². The van der Waals surface area contributed by atoms with E-state index in [0.717, 1.165) is 25.2 Å². The molecule has 2 aliphatic heterocycles. The summed E-state index contributed by atoms with van der Waals surface area (Å²) in [6, 6.07) is 6.31. The van der Waals surface area contributed by atoms with Crippen molar-refractivity contribution in [2.75, 3.05) is 23.7 Å². The summed E-state index contributed by atoms with van der Waals surface area (Å²) in [6.07, 6.45) is 10.7. The lowest BCUT2D eigenvalue weighted by Crippen LogP contribution is -2.36. The molecule has 1 unspecified atom stereocenters. The average Bonchev–Trinajstić information content (AvgIpc) is 3.07. The first kappa shape index (κ1) is 13.4. The van der Waals surface area contributed by atoms with Gasteiger partial charge in [-0.3, -0.25) is 0 Å². The quantitative estimate of drug-likeness (QED) is 0.846. The lowest BCUT2D eigenvalue weighted by Gasteiger charge is -2.34. The number of nitrogen functional groups attached to an aromatic ring is 1. The van der Waals surface area contributed by atoms with Gasteiger partial charge in [-0.05, 0) is 43.7 Å². The minimum atomic E-state index is 0.230. The van der Waals surface area contributed by atoms with Gasteiger partial charge in [-0.2, -0.15) is 0 Å². The summed E-state index contributed by atoms with van der Waals surface area (Å²) in [4.78, 5) is 2.46. The first-order valence-electron chi connectivity index (χ1n) is 8.56. The average molecular weight is 286 g/mol. The molecular formula is C18H26N2O. The first-order chi connectivity index (χ1) is 10.3. The molecule has 4 rings (SSSR count). The van der Waals surface area contributed by atoms with E-state index in [9.17, 15) is 0 Å². The molecule has 21 heavy (non-hydrogen) atoms. The summed E-state index contributed by atoms with van der Waals surface area (Å²) in [5.74, 6) is 0. The standard InChI is InChI=1S/C18H26N2O/c19-16-6-4-5-14-8-12-20(17(14)16)13-15-7-11-18(21-15)9-2-1-3-10-18/h4-6,15H,1-3,7-13,19H2. The Morgan fingerprint density at radius 3 is 2.90 bits per heavy atom. The zero-order chi connectivity index (χ0) is 14.3. The molecule has 2 heterocycles. The second-order valence-electron chi connectivity index (χ2n) is 7.07. The maximum Gasteiger partial charge on any atom is 0.0758 e. The molecule has 1 spiro atoms. The van der Waals surface area contributed by atoms with Crippen LogP contribution in [0.25, 0.3) is 0 Å². The van der Waals surface area contributed by atoms with E-state index in [0.29, 0.717) is 6.10 Å². The molecule has 3 heteroatoms. The van der Waals surface area contributed by atoms with Crippen LogP contribution in [0.5, 0.6) is 0 Å². The van der Waals surface area contributed by atoms with Gasteiger partial charge in [0.2, 0.25) is 0 Å². The molecule has 2 N–H and O–H groups in total. The first-order valence-corrected chi connectivity index (χ1v) is 8.56. The number of anilines is 2. The van der Waals surface area contributed by atoms with Crippen LogP contribution >= 0.6 is 0 Å². The molecule has 2 fully saturated rings. The van der Waals surface area contributed by atoms with E-state index in [4.69, 9.17) is 10.5 Å². The molecule has 1 aromatic rings. The van der Waals surface area contributed by atoms with Gasteiger partial charge in [0.05, 0.1) is 23.1 Å². The van der Waals surface area contributed by atoms with Gasteiger partial charge in [-0.25, -0.2) is 0 Å². The summed E-state index contributed by atoms with van der Waals surface area (Å²) in [5.41, 5.74) is 10.0. The molecule has 1 atom stereocenters. The Morgan fingerprint density at radius 2 is 2.05 bits per heavy atom. The molecule has 1 aliphatic carbocycles. The topological polar surface area (TPSA) is 38.5 Å². The lowest BCUT2D eigenvalue weighted by atomic mass is 9.83. The molecule has 3 aliphatic rings. The Balaban J connectivity index is 1.45. The maximum atomic E-state index is 6.52. The number of nitrogens with zero attached hydrogens (tertiary/aromatic N) is 1. The third-order valence-electron chi connectivity index (χ3n) is 5.65. The van der Waals surface area contributed by atoms with Crippen LogP contribution in [-0.2, 0) is 11.2 Å². The number of ether oxygens (including phenoxy) is 1. The second-order valence-corrected chi connectivity index (χ2v) is 7.07. The highest BCUT2D eigenvalue weighted by molar-refractivity contribution is 5.74. The van der Waals surface area contributed by atoms with Crippen LogP contribution < -0.4 is 10.6 Å². The number of nitrogens with two attached hydrogens (primary N) is 1. The third-order valence-corrected chi connectivity index (χ3v) is 5.65. The number of hydrogen-bond donors (Lipinski definition) is 1. The zero-order valence-corrected chi connectivity index (χ0v) is 12.8. The Bertz CT molecular complexity index is 522. The molecule has 1 saturated heterocycles. The van der Waals surface area contributed by atoms with Crippen molar-refractivity contribution in [2.24, 2.45) is 0 Å². The highest BCUT2D eigenvalue weighted by Gasteiger charge is 2.41. The van der Waals surface area contributed by atoms with Crippen LogP contribution in [-0.4, -0.2) is 24.8 Å². The summed E-state index contributed by atoms with van der Waals surface area (Å²) in [6.45, 7) is 2.11. The number of fused-ring (bicyclic) bond motifs is 1. The van der Waals surface area contributed by atoms with Crippen LogP contribution in [0.3, 0.4) is 0 Å². The van der Waals surface area contributed by atoms with Crippen molar-refractivity contribution in [1.82, 2.24) is 0 Å². The molecule has 0 aromatic heterocycles. The van der Waals surface area contributed by atoms with Crippen LogP contribution in [0, 0.1) is 0 Å². The fraction of sp³-hybridized carbons (Fsp3) is 0.667. The van der Waals surface area contributed by atoms with Crippen molar-refractivity contribution < 1.29 is 4.74 Å². The molecule has 0 radical (unpaired) electrons. The van der Waals surface area contributed by atoms with Gasteiger partial charge in [0.1, 0.15) is 0 Å². The SMILES string of the molecule is Nc1cccc2c1N(CC1CCC3(CCCCC3)O1)CC2. The predicted molar refractivity (Wildman–Crippen MR) is 86.7 cm³/mol. The van der Waals surface area contributed by atoms with E-state index < -0.39 is 0 Å². The third kappa shape index (κ3) is 2.42. The molecule has 0 amide bonds. The summed E-state index contributed by atoms with van der Waals surface area (Å²) in [5, 5.41) is 0. The van der Waals surface area contributed by atoms with E-state index in [-0.39, 0.29) is 5.60 Å². The molecule has 114 valence electrons. The zero-order valence-electron chi connectivity index (χ0n) is 12.8. The summed E-state index contributed by atoms with van der Waals surface area (Å²) in [7, 11) is 0. The van der Waals surface area contributed by atoms with Crippen molar-refractivity contribution in [3.8, 4) is 0 Å². The fourth-order valence-electron chi connectivity index (χ4n) is 4.58. The van der Waals surface area contributed by atoms with Crippen LogP contribution in [0.15, 0.2) is 18.2 Å². The highest BCUT2D eigenvalue weighted by atomic mass is 16.5. The van der Waals surface area contributed by atoms with E-state index in [2.05, 4.69) is 17.0 Å². The molecule has 1 aromatic carbocycles. The van der Waals surface area contributed by atoms with Crippen molar-refractivity contribution in [3.05, 3.63) is 23.8 Å². The van der Waals surface area contributed by atoms with E-state index in [1.54, 1.807) is 0 Å². The molecule has 0 bridgehead atoms. The van der Waals surface area contributed by atoms with Crippen molar-refractivity contribution >= 4 is 11.4 Å². The van der Waals surface area contributed by atoms with Gasteiger partial charge in [0.15, 0.2) is 0 Å². The van der Waals surface area contributed by atoms with Gasteiger partial charge in [0, 0.05) is 13.1 Å². The van der Waals surface area contributed by atoms with Gasteiger partial charge >= 0.3 is 0 Å². The minimum Gasteiger partial charge on any atom is -0.397 e. The molecule has 1 saturated carbocycles.